The maximum absolute atomic E-state index is 10.6. The average molecular weight is 250 g/mol. The van der Waals surface area contributed by atoms with Crippen LogP contribution >= 0.6 is 0 Å². The SMILES string of the molecule is COc1ccc(-n2nnc(C(=O)O)n2)cc1OC. The van der Waals surface area contributed by atoms with Crippen molar-refractivity contribution in [2.45, 2.75) is 0 Å². The van der Waals surface area contributed by atoms with E-state index in [1.807, 2.05) is 0 Å². The Hall–Kier alpha value is -2.64. The maximum Gasteiger partial charge on any atom is 0.377 e. The summed E-state index contributed by atoms with van der Waals surface area (Å²) >= 11 is 0. The highest BCUT2D eigenvalue weighted by atomic mass is 16.5. The molecule has 0 fully saturated rings. The van der Waals surface area contributed by atoms with Crippen molar-refractivity contribution >= 4 is 5.97 Å². The number of hydrogen-bond acceptors (Lipinski definition) is 6. The van der Waals surface area contributed by atoms with Crippen molar-refractivity contribution in [1.29, 1.82) is 0 Å². The Morgan fingerprint density at radius 3 is 2.56 bits per heavy atom. The van der Waals surface area contributed by atoms with E-state index in [1.54, 1.807) is 18.2 Å². The van der Waals surface area contributed by atoms with Gasteiger partial charge in [-0.25, -0.2) is 4.79 Å². The van der Waals surface area contributed by atoms with Gasteiger partial charge in [-0.1, -0.05) is 0 Å². The lowest BCUT2D eigenvalue weighted by Crippen LogP contribution is -2.03. The van der Waals surface area contributed by atoms with Crippen molar-refractivity contribution in [3.05, 3.63) is 24.0 Å². The normalized spacial score (nSPS) is 10.1. The topological polar surface area (TPSA) is 99.4 Å². The molecule has 1 heterocycles. The molecule has 0 atom stereocenters. The molecule has 0 aliphatic heterocycles. The van der Waals surface area contributed by atoms with Gasteiger partial charge in [0.2, 0.25) is 0 Å². The molecule has 1 N–H and O–H groups in total. The molecule has 2 aromatic rings. The van der Waals surface area contributed by atoms with E-state index >= 15 is 0 Å². The molecule has 0 saturated carbocycles. The standard InChI is InChI=1S/C10H10N4O4/c1-17-7-4-3-6(5-8(7)18-2)14-12-9(10(15)16)11-13-14/h3-5H,1-2H3,(H,15,16). The van der Waals surface area contributed by atoms with Crippen LogP contribution < -0.4 is 9.47 Å². The molecule has 0 amide bonds. The number of tetrazole rings is 1. The Bertz CT molecular complexity index is 581. The lowest BCUT2D eigenvalue weighted by Gasteiger charge is -2.08. The molecule has 0 spiro atoms. The Kier molecular flexibility index (Phi) is 3.09. The molecule has 2 rings (SSSR count). The second kappa shape index (κ2) is 4.70. The first kappa shape index (κ1) is 11.8. The third-order valence-corrected chi connectivity index (χ3v) is 2.20. The van der Waals surface area contributed by atoms with Gasteiger partial charge in [-0.15, -0.1) is 15.0 Å². The lowest BCUT2D eigenvalue weighted by atomic mass is 10.3. The maximum atomic E-state index is 10.6. The zero-order valence-electron chi connectivity index (χ0n) is 9.69. The molecule has 0 aliphatic carbocycles. The lowest BCUT2D eigenvalue weighted by molar-refractivity contribution is 0.0683. The first-order valence-electron chi connectivity index (χ1n) is 4.91. The van der Waals surface area contributed by atoms with Crippen molar-refractivity contribution in [3.8, 4) is 17.2 Å². The second-order valence-electron chi connectivity index (χ2n) is 3.25. The number of nitrogens with zero attached hydrogens (tertiary/aromatic N) is 4. The van der Waals surface area contributed by atoms with Crippen molar-refractivity contribution in [1.82, 2.24) is 20.2 Å². The number of aromatic carboxylic acids is 1. The summed E-state index contributed by atoms with van der Waals surface area (Å²) in [5.41, 5.74) is 0.521. The molecule has 0 bridgehead atoms. The van der Waals surface area contributed by atoms with Crippen LogP contribution in [0.1, 0.15) is 10.6 Å². The number of carboxylic acid groups (broad SMARTS) is 1. The van der Waals surface area contributed by atoms with Gasteiger partial charge >= 0.3 is 5.97 Å². The zero-order valence-corrected chi connectivity index (χ0v) is 9.69. The number of carboxylic acids is 1. The number of rotatable bonds is 4. The van der Waals surface area contributed by atoms with Crippen LogP contribution in [0.5, 0.6) is 11.5 Å². The van der Waals surface area contributed by atoms with Gasteiger partial charge in [0.15, 0.2) is 11.5 Å². The fourth-order valence-electron chi connectivity index (χ4n) is 1.36. The summed E-state index contributed by atoms with van der Waals surface area (Å²) in [7, 11) is 3.02. The van der Waals surface area contributed by atoms with Crippen molar-refractivity contribution in [2.75, 3.05) is 14.2 Å². The van der Waals surface area contributed by atoms with E-state index in [2.05, 4.69) is 15.4 Å². The van der Waals surface area contributed by atoms with Crippen LogP contribution in [0.3, 0.4) is 0 Å². The molecule has 1 aromatic heterocycles. The third-order valence-electron chi connectivity index (χ3n) is 2.20. The van der Waals surface area contributed by atoms with Gasteiger partial charge < -0.3 is 14.6 Å². The van der Waals surface area contributed by atoms with E-state index in [4.69, 9.17) is 14.6 Å². The van der Waals surface area contributed by atoms with Crippen LogP contribution in [0.4, 0.5) is 0 Å². The predicted molar refractivity (Wildman–Crippen MR) is 59.2 cm³/mol. The number of methoxy groups -OCH3 is 2. The Labute approximate surface area is 102 Å². The number of benzene rings is 1. The summed E-state index contributed by atoms with van der Waals surface area (Å²) < 4.78 is 10.2. The summed E-state index contributed by atoms with van der Waals surface area (Å²) in [6.45, 7) is 0. The number of hydrogen-bond donors (Lipinski definition) is 1. The molecule has 94 valence electrons. The van der Waals surface area contributed by atoms with Gasteiger partial charge in [0.25, 0.3) is 5.82 Å². The highest BCUT2D eigenvalue weighted by Crippen LogP contribution is 2.28. The minimum absolute atomic E-state index is 0.371. The predicted octanol–water partition coefficient (Wildman–Crippen LogP) is 0.378. The second-order valence-corrected chi connectivity index (χ2v) is 3.25. The average Bonchev–Trinajstić information content (AvgIpc) is 2.87. The molecular weight excluding hydrogens is 240 g/mol. The van der Waals surface area contributed by atoms with Crippen molar-refractivity contribution < 1.29 is 19.4 Å². The van der Waals surface area contributed by atoms with Crippen molar-refractivity contribution in [2.24, 2.45) is 0 Å². The summed E-state index contributed by atoms with van der Waals surface area (Å²) in [5, 5.41) is 19.5. The first-order valence-corrected chi connectivity index (χ1v) is 4.91. The molecule has 0 saturated heterocycles. The molecule has 0 unspecified atom stereocenters. The summed E-state index contributed by atoms with van der Waals surface area (Å²) in [6.07, 6.45) is 0. The molecule has 8 heteroatoms. The highest BCUT2D eigenvalue weighted by Gasteiger charge is 2.13. The molecular formula is C10H10N4O4. The molecule has 1 aromatic carbocycles. The minimum Gasteiger partial charge on any atom is -0.493 e. The van der Waals surface area contributed by atoms with Gasteiger partial charge in [0.1, 0.15) is 0 Å². The highest BCUT2D eigenvalue weighted by molar-refractivity contribution is 5.82. The third kappa shape index (κ3) is 2.08. The fraction of sp³-hybridized carbons (Fsp3) is 0.200. The quantitative estimate of drug-likeness (QED) is 0.837. The van der Waals surface area contributed by atoms with E-state index in [-0.39, 0.29) is 5.82 Å². The van der Waals surface area contributed by atoms with Gasteiger partial charge in [0.05, 0.1) is 19.9 Å². The van der Waals surface area contributed by atoms with E-state index < -0.39 is 5.97 Å². The van der Waals surface area contributed by atoms with E-state index in [0.29, 0.717) is 17.2 Å². The summed E-state index contributed by atoms with van der Waals surface area (Å²) in [4.78, 5) is 11.7. The molecule has 0 aliphatic rings. The summed E-state index contributed by atoms with van der Waals surface area (Å²) in [5.74, 6) is -0.560. The van der Waals surface area contributed by atoms with E-state index in [1.165, 1.54) is 14.2 Å². The fourth-order valence-corrected chi connectivity index (χ4v) is 1.36. The minimum atomic E-state index is -1.23. The van der Waals surface area contributed by atoms with Gasteiger partial charge in [-0.3, -0.25) is 0 Å². The van der Waals surface area contributed by atoms with Crippen LogP contribution in [0.15, 0.2) is 18.2 Å². The Morgan fingerprint density at radius 2 is 2.00 bits per heavy atom. The molecule has 0 radical (unpaired) electrons. The molecule has 18 heavy (non-hydrogen) atoms. The monoisotopic (exact) mass is 250 g/mol. The van der Waals surface area contributed by atoms with Gasteiger partial charge in [0, 0.05) is 6.07 Å². The van der Waals surface area contributed by atoms with Crippen LogP contribution in [0, 0.1) is 0 Å². The number of carbonyl (C=O) groups is 1. The number of ether oxygens (including phenoxy) is 2. The zero-order chi connectivity index (χ0) is 13.1. The smallest absolute Gasteiger partial charge is 0.377 e. The molecule has 8 nitrogen and oxygen atoms in total. The summed E-state index contributed by atoms with van der Waals surface area (Å²) in [6, 6.07) is 4.94. The van der Waals surface area contributed by atoms with Crippen LogP contribution in [0.2, 0.25) is 0 Å². The van der Waals surface area contributed by atoms with Crippen molar-refractivity contribution in [3.63, 3.8) is 0 Å². The Morgan fingerprint density at radius 1 is 1.28 bits per heavy atom. The Balaban J connectivity index is 2.41. The first-order chi connectivity index (χ1) is 8.65. The van der Waals surface area contributed by atoms with Crippen LogP contribution in [-0.4, -0.2) is 45.5 Å². The van der Waals surface area contributed by atoms with E-state index in [0.717, 1.165) is 4.80 Å². The largest absolute Gasteiger partial charge is 0.493 e. The van der Waals surface area contributed by atoms with Gasteiger partial charge in [-0.2, -0.15) is 0 Å². The number of aromatic nitrogens is 4. The van der Waals surface area contributed by atoms with Crippen LogP contribution in [-0.2, 0) is 0 Å². The van der Waals surface area contributed by atoms with E-state index in [9.17, 15) is 4.79 Å². The van der Waals surface area contributed by atoms with Gasteiger partial charge in [-0.05, 0) is 17.3 Å². The van der Waals surface area contributed by atoms with Crippen LogP contribution in [0.25, 0.3) is 5.69 Å².